The van der Waals surface area contributed by atoms with Crippen molar-refractivity contribution in [1.82, 2.24) is 0 Å². The van der Waals surface area contributed by atoms with Gasteiger partial charge in [-0.15, -0.1) is 0 Å². The Morgan fingerprint density at radius 1 is 0.833 bits per heavy atom. The fourth-order valence-corrected chi connectivity index (χ4v) is 12.2. The molecule has 0 bridgehead atoms. The molecule has 0 aromatic carbocycles. The fourth-order valence-electron chi connectivity index (χ4n) is 11.9. The minimum Gasteiger partial charge on any atom is -0.462 e. The van der Waals surface area contributed by atoms with Crippen molar-refractivity contribution in [2.24, 2.45) is 50.7 Å². The number of ketones is 1. The van der Waals surface area contributed by atoms with Gasteiger partial charge in [0.15, 0.2) is 11.9 Å². The van der Waals surface area contributed by atoms with E-state index in [0.717, 1.165) is 56.1 Å². The lowest BCUT2D eigenvalue weighted by Gasteiger charge is -2.72. The summed E-state index contributed by atoms with van der Waals surface area (Å²) in [6.45, 7) is 19.0. The molecule has 0 aliphatic heterocycles. The molecule has 234 valence electrons. The Kier molecular flexibility index (Phi) is 7.68. The fraction of sp³-hybridized carbons (Fsp3) is 0.829. The monoisotopic (exact) mass is 602 g/mol. The summed E-state index contributed by atoms with van der Waals surface area (Å²) >= 11 is 6.19. The zero-order valence-corrected chi connectivity index (χ0v) is 27.9. The Balaban J connectivity index is 1.59. The molecule has 0 saturated heterocycles. The average molecular weight is 603 g/mol. The molecule has 7 heteroatoms. The van der Waals surface area contributed by atoms with E-state index in [1.54, 1.807) is 0 Å². The van der Waals surface area contributed by atoms with Gasteiger partial charge < -0.3 is 9.47 Å². The summed E-state index contributed by atoms with van der Waals surface area (Å²) in [7, 11) is 0. The molecule has 0 N–H and O–H groups in total. The number of carbonyl (C=O) groups excluding carboxylic acids is 4. The van der Waals surface area contributed by atoms with Crippen LogP contribution >= 0.6 is 11.6 Å². The maximum atomic E-state index is 13.8. The van der Waals surface area contributed by atoms with E-state index in [0.29, 0.717) is 18.3 Å². The van der Waals surface area contributed by atoms with Crippen LogP contribution in [0.4, 0.5) is 0 Å². The number of esters is 2. The Labute approximate surface area is 257 Å². The minimum absolute atomic E-state index is 0.0104. The Bertz CT molecular complexity index is 1230. The van der Waals surface area contributed by atoms with Crippen LogP contribution in [-0.2, 0) is 28.7 Å². The van der Waals surface area contributed by atoms with E-state index < -0.39 is 22.7 Å². The summed E-state index contributed by atoms with van der Waals surface area (Å²) in [4.78, 5) is 50.9. The number of halogens is 1. The highest BCUT2D eigenvalue weighted by molar-refractivity contribution is 6.64. The van der Waals surface area contributed by atoms with Crippen LogP contribution in [0.1, 0.15) is 120 Å². The van der Waals surface area contributed by atoms with E-state index in [4.69, 9.17) is 21.1 Å². The topological polar surface area (TPSA) is 86.7 Å². The summed E-state index contributed by atoms with van der Waals surface area (Å²) in [5, 5.41) is -0.691. The van der Waals surface area contributed by atoms with E-state index in [2.05, 4.69) is 48.5 Å². The lowest BCUT2D eigenvalue weighted by Crippen LogP contribution is -2.66. The molecule has 0 aromatic heterocycles. The molecule has 6 nitrogen and oxygen atoms in total. The standard InChI is InChI=1S/C35H51ClO6/c1-19(2)27-23(39)18-35(29(30(36)40)42-21(4)38)17-16-33(8)22(28(27)35)10-11-25-32(7)14-13-26(41-20(3)37)31(5,6)24(32)12-15-34(25,33)9/h19,22,24-26,29H,10-18H2,1-9H3. The van der Waals surface area contributed by atoms with Crippen molar-refractivity contribution in [2.75, 3.05) is 0 Å². The van der Waals surface area contributed by atoms with Gasteiger partial charge in [0.05, 0.1) is 0 Å². The van der Waals surface area contributed by atoms with Crippen LogP contribution in [-0.4, -0.2) is 35.2 Å². The highest BCUT2D eigenvalue weighted by atomic mass is 35.5. The summed E-state index contributed by atoms with van der Waals surface area (Å²) in [6, 6.07) is 0. The summed E-state index contributed by atoms with van der Waals surface area (Å²) in [6.07, 6.45) is 6.51. The Morgan fingerprint density at radius 2 is 1.50 bits per heavy atom. The molecule has 0 aromatic rings. The summed E-state index contributed by atoms with van der Waals surface area (Å²) in [5.41, 5.74) is 1.000. The van der Waals surface area contributed by atoms with Crippen molar-refractivity contribution >= 4 is 34.6 Å². The molecule has 5 aliphatic rings. The molecule has 9 atom stereocenters. The van der Waals surface area contributed by atoms with Gasteiger partial charge in [-0.05, 0) is 114 Å². The number of hydrogen-bond donors (Lipinski definition) is 0. The lowest BCUT2D eigenvalue weighted by atomic mass is 9.33. The number of hydrogen-bond acceptors (Lipinski definition) is 6. The van der Waals surface area contributed by atoms with Gasteiger partial charge in [-0.25, -0.2) is 0 Å². The van der Waals surface area contributed by atoms with Gasteiger partial charge in [0.1, 0.15) is 6.10 Å². The van der Waals surface area contributed by atoms with Crippen molar-refractivity contribution in [3.05, 3.63) is 11.1 Å². The van der Waals surface area contributed by atoms with Crippen molar-refractivity contribution < 1.29 is 28.7 Å². The molecule has 4 fully saturated rings. The lowest BCUT2D eigenvalue weighted by molar-refractivity contribution is -0.234. The van der Waals surface area contributed by atoms with Crippen LogP contribution in [0, 0.1) is 50.7 Å². The third kappa shape index (κ3) is 4.23. The van der Waals surface area contributed by atoms with Crippen LogP contribution in [0.15, 0.2) is 11.1 Å². The predicted octanol–water partition coefficient (Wildman–Crippen LogP) is 7.60. The smallest absolute Gasteiger partial charge is 0.303 e. The van der Waals surface area contributed by atoms with Gasteiger partial charge in [-0.3, -0.25) is 19.2 Å². The molecule has 5 rings (SSSR count). The summed E-state index contributed by atoms with van der Waals surface area (Å²) in [5.74, 6) is 0.410. The van der Waals surface area contributed by atoms with Gasteiger partial charge in [-0.2, -0.15) is 0 Å². The first kappa shape index (κ1) is 31.7. The normalized spacial score (nSPS) is 43.1. The maximum absolute atomic E-state index is 13.8. The van der Waals surface area contributed by atoms with Crippen molar-refractivity contribution in [3.63, 3.8) is 0 Å². The first-order valence-electron chi connectivity index (χ1n) is 16.2. The minimum atomic E-state index is -1.15. The molecule has 0 heterocycles. The van der Waals surface area contributed by atoms with Crippen LogP contribution in [0.3, 0.4) is 0 Å². The zero-order valence-electron chi connectivity index (χ0n) is 27.2. The molecule has 42 heavy (non-hydrogen) atoms. The van der Waals surface area contributed by atoms with E-state index in [1.165, 1.54) is 13.8 Å². The Morgan fingerprint density at radius 3 is 2.07 bits per heavy atom. The van der Waals surface area contributed by atoms with Crippen LogP contribution in [0.5, 0.6) is 0 Å². The van der Waals surface area contributed by atoms with Gasteiger partial charge in [0.25, 0.3) is 5.24 Å². The van der Waals surface area contributed by atoms with E-state index >= 15 is 0 Å². The highest BCUT2D eigenvalue weighted by Crippen LogP contribution is 2.77. The van der Waals surface area contributed by atoms with E-state index in [1.807, 2.05) is 0 Å². The number of rotatable bonds is 5. The third-order valence-corrected chi connectivity index (χ3v) is 13.9. The van der Waals surface area contributed by atoms with Gasteiger partial charge in [0, 0.05) is 31.1 Å². The number of ether oxygens (including phenoxy) is 2. The van der Waals surface area contributed by atoms with Crippen molar-refractivity contribution in [1.29, 1.82) is 0 Å². The molecule has 0 spiro atoms. The largest absolute Gasteiger partial charge is 0.462 e. The highest BCUT2D eigenvalue weighted by Gasteiger charge is 2.71. The second kappa shape index (κ2) is 10.2. The van der Waals surface area contributed by atoms with Gasteiger partial charge >= 0.3 is 11.9 Å². The van der Waals surface area contributed by atoms with Crippen LogP contribution in [0.25, 0.3) is 0 Å². The van der Waals surface area contributed by atoms with Crippen molar-refractivity contribution in [2.45, 2.75) is 132 Å². The van der Waals surface area contributed by atoms with Crippen LogP contribution in [0.2, 0.25) is 0 Å². The first-order valence-corrected chi connectivity index (χ1v) is 16.6. The average Bonchev–Trinajstić information content (AvgIpc) is 3.17. The first-order chi connectivity index (χ1) is 19.4. The number of carbonyl (C=O) groups is 4. The van der Waals surface area contributed by atoms with Gasteiger partial charge in [0.2, 0.25) is 0 Å². The molecule has 9 unspecified atom stereocenters. The quantitative estimate of drug-likeness (QED) is 0.238. The number of fused-ring (bicyclic) bond motifs is 7. The van der Waals surface area contributed by atoms with E-state index in [-0.39, 0.29) is 57.8 Å². The Hall–Kier alpha value is -1.69. The summed E-state index contributed by atoms with van der Waals surface area (Å²) < 4.78 is 11.6. The molecular weight excluding hydrogens is 552 g/mol. The molecule has 0 radical (unpaired) electrons. The maximum Gasteiger partial charge on any atom is 0.303 e. The third-order valence-electron chi connectivity index (χ3n) is 13.7. The number of Topliss-reactive ketones (excluding diaryl/α,β-unsaturated/α-hetero) is 1. The molecule has 5 aliphatic carbocycles. The SMILES string of the molecule is CC(=O)OC(C(=O)Cl)C12CCC3(C)C(CCC4C5(C)CCC(OC(C)=O)C(C)(C)C5CCC43C)C1=C(C(C)C)C(=O)C2. The zero-order chi connectivity index (χ0) is 31.2. The molecule has 4 saturated carbocycles. The number of allylic oxidation sites excluding steroid dienone is 1. The van der Waals surface area contributed by atoms with Gasteiger partial charge in [-0.1, -0.05) is 48.5 Å². The second-order valence-corrected chi connectivity index (χ2v) is 16.5. The van der Waals surface area contributed by atoms with E-state index in [9.17, 15) is 19.2 Å². The molecular formula is C35H51ClO6. The second-order valence-electron chi connectivity index (χ2n) is 16.1. The van der Waals surface area contributed by atoms with Crippen LogP contribution < -0.4 is 0 Å². The van der Waals surface area contributed by atoms with Crippen molar-refractivity contribution in [3.8, 4) is 0 Å². The predicted molar refractivity (Wildman–Crippen MR) is 161 cm³/mol. The molecule has 0 amide bonds.